The maximum absolute atomic E-state index is 6.50. The maximum Gasteiger partial charge on any atom is 0.136 e. The Balaban J connectivity index is 1.03. The molecule has 0 spiro atoms. The fourth-order valence-electron chi connectivity index (χ4n) is 9.17. The highest BCUT2D eigenvalue weighted by molar-refractivity contribution is 6.26. The van der Waals surface area contributed by atoms with Gasteiger partial charge in [-0.25, -0.2) is 0 Å². The Labute approximate surface area is 329 Å². The smallest absolute Gasteiger partial charge is 0.136 e. The molecule has 3 heteroatoms. The molecule has 0 radical (unpaired) electrons. The first-order valence-corrected chi connectivity index (χ1v) is 19.5. The van der Waals surface area contributed by atoms with Crippen LogP contribution in [-0.2, 0) is 0 Å². The minimum atomic E-state index is 0.891. The van der Waals surface area contributed by atoms with Crippen molar-refractivity contribution in [1.82, 2.24) is 4.40 Å². The maximum atomic E-state index is 6.50. The fraction of sp³-hybridized carbons (Fsp3) is 0. The molecule has 0 saturated heterocycles. The monoisotopic (exact) mass is 726 g/mol. The summed E-state index contributed by atoms with van der Waals surface area (Å²) in [4.78, 5) is 2.42. The number of rotatable bonds is 6. The van der Waals surface area contributed by atoms with E-state index in [1.165, 1.54) is 54.8 Å². The molecule has 0 saturated carbocycles. The van der Waals surface area contributed by atoms with Gasteiger partial charge in [-0.2, -0.15) is 0 Å². The van der Waals surface area contributed by atoms with Crippen LogP contribution in [0, 0.1) is 0 Å². The standard InChI is InChI=1S/C54H34N2O/c1-3-12-35(13-4-1)37-24-29-40(30-25-37)55(48-21-11-22-49-53(48)46-19-9-18-44-43-16-7-8-20-47(43)56(49)54(44)46)41-31-26-38(27-32-41)42-17-10-23-50-52(42)45-33-28-39(34-51(45)57-50)36-14-5-2-6-15-36/h1-34H. The Hall–Kier alpha value is -7.62. The van der Waals surface area contributed by atoms with Crippen molar-refractivity contribution < 1.29 is 4.42 Å². The lowest BCUT2D eigenvalue weighted by Crippen LogP contribution is -2.10. The van der Waals surface area contributed by atoms with Gasteiger partial charge in [-0.1, -0.05) is 146 Å². The van der Waals surface area contributed by atoms with Gasteiger partial charge in [0.25, 0.3) is 0 Å². The molecule has 12 rings (SSSR count). The number of hydrogen-bond donors (Lipinski definition) is 0. The second-order valence-electron chi connectivity index (χ2n) is 14.9. The number of nitrogens with zero attached hydrogens (tertiary/aromatic N) is 2. The number of para-hydroxylation sites is 2. The van der Waals surface area contributed by atoms with E-state index in [0.29, 0.717) is 0 Å². The summed E-state index contributed by atoms with van der Waals surface area (Å²) in [7, 11) is 0. The minimum absolute atomic E-state index is 0.891. The predicted molar refractivity (Wildman–Crippen MR) is 239 cm³/mol. The summed E-state index contributed by atoms with van der Waals surface area (Å²) in [6.07, 6.45) is 0. The molecule has 57 heavy (non-hydrogen) atoms. The van der Waals surface area contributed by atoms with Crippen LogP contribution in [0.1, 0.15) is 0 Å². The number of fused-ring (bicyclic) bond motifs is 9. The van der Waals surface area contributed by atoms with Crippen LogP contribution in [0.25, 0.3) is 93.4 Å². The summed E-state index contributed by atoms with van der Waals surface area (Å²) in [5.41, 5.74) is 15.8. The van der Waals surface area contributed by atoms with Crippen molar-refractivity contribution in [3.8, 4) is 33.4 Å². The van der Waals surface area contributed by atoms with Gasteiger partial charge in [-0.05, 0) is 94.0 Å². The van der Waals surface area contributed by atoms with Crippen LogP contribution in [0.4, 0.5) is 17.1 Å². The van der Waals surface area contributed by atoms with E-state index in [0.717, 1.165) is 55.7 Å². The van der Waals surface area contributed by atoms with Crippen molar-refractivity contribution in [3.05, 3.63) is 206 Å². The molecule has 0 amide bonds. The summed E-state index contributed by atoms with van der Waals surface area (Å²) in [6.45, 7) is 0. The Morgan fingerprint density at radius 1 is 0.351 bits per heavy atom. The summed E-state index contributed by atoms with van der Waals surface area (Å²) in [5, 5.41) is 7.32. The van der Waals surface area contributed by atoms with Crippen LogP contribution in [-0.4, -0.2) is 4.40 Å². The van der Waals surface area contributed by atoms with Gasteiger partial charge in [0.15, 0.2) is 0 Å². The van der Waals surface area contributed by atoms with Crippen LogP contribution in [0.5, 0.6) is 0 Å². The van der Waals surface area contributed by atoms with Gasteiger partial charge in [0.05, 0.1) is 22.2 Å². The highest BCUT2D eigenvalue weighted by Crippen LogP contribution is 2.47. The van der Waals surface area contributed by atoms with E-state index in [-0.39, 0.29) is 0 Å². The number of hydrogen-bond acceptors (Lipinski definition) is 2. The van der Waals surface area contributed by atoms with E-state index in [9.17, 15) is 0 Å². The van der Waals surface area contributed by atoms with Gasteiger partial charge in [0.2, 0.25) is 0 Å². The quantitative estimate of drug-likeness (QED) is 0.170. The summed E-state index contributed by atoms with van der Waals surface area (Å²) < 4.78 is 8.95. The van der Waals surface area contributed by atoms with E-state index in [1.807, 2.05) is 6.07 Å². The number of anilines is 3. The lowest BCUT2D eigenvalue weighted by atomic mass is 9.97. The first-order valence-electron chi connectivity index (χ1n) is 19.5. The van der Waals surface area contributed by atoms with Gasteiger partial charge in [0, 0.05) is 43.7 Å². The largest absolute Gasteiger partial charge is 0.456 e. The highest BCUT2D eigenvalue weighted by atomic mass is 16.3. The lowest BCUT2D eigenvalue weighted by Gasteiger charge is -2.27. The molecule has 3 heterocycles. The topological polar surface area (TPSA) is 20.8 Å². The van der Waals surface area contributed by atoms with Crippen LogP contribution in [0.15, 0.2) is 211 Å². The Bertz CT molecular complexity index is 3430. The molecule has 0 aliphatic carbocycles. The van der Waals surface area contributed by atoms with Crippen molar-refractivity contribution in [2.24, 2.45) is 0 Å². The van der Waals surface area contributed by atoms with Crippen LogP contribution in [0.3, 0.4) is 0 Å². The molecule has 0 N–H and O–H groups in total. The zero-order valence-corrected chi connectivity index (χ0v) is 30.9. The van der Waals surface area contributed by atoms with E-state index in [4.69, 9.17) is 4.42 Å². The van der Waals surface area contributed by atoms with Gasteiger partial charge in [-0.3, -0.25) is 0 Å². The third kappa shape index (κ3) is 4.86. The van der Waals surface area contributed by atoms with Crippen LogP contribution < -0.4 is 4.90 Å². The SMILES string of the molecule is c1ccc(-c2ccc(N(c3ccc(-c4cccc5oc6cc(-c7ccccc7)ccc6c45)cc3)c3cccc4c3c3cccc5c6ccccc6n4c53)cc2)cc1. The van der Waals surface area contributed by atoms with Crippen molar-refractivity contribution in [3.63, 3.8) is 0 Å². The van der Waals surface area contributed by atoms with E-state index in [2.05, 4.69) is 209 Å². The molecule has 0 aliphatic rings. The highest BCUT2D eigenvalue weighted by Gasteiger charge is 2.23. The van der Waals surface area contributed by atoms with Crippen LogP contribution >= 0.6 is 0 Å². The average Bonchev–Trinajstić information content (AvgIpc) is 3.95. The number of aromatic nitrogens is 1. The molecule has 0 unspecified atom stereocenters. The Kier molecular flexibility index (Phi) is 6.93. The fourth-order valence-corrected chi connectivity index (χ4v) is 9.17. The van der Waals surface area contributed by atoms with Gasteiger partial charge in [-0.15, -0.1) is 0 Å². The van der Waals surface area contributed by atoms with Gasteiger partial charge < -0.3 is 13.7 Å². The number of benzene rings is 9. The molecule has 0 atom stereocenters. The molecule has 0 aliphatic heterocycles. The second kappa shape index (κ2) is 12.5. The summed E-state index contributed by atoms with van der Waals surface area (Å²) in [6, 6.07) is 74.3. The van der Waals surface area contributed by atoms with Crippen molar-refractivity contribution in [1.29, 1.82) is 0 Å². The second-order valence-corrected chi connectivity index (χ2v) is 14.9. The molecule has 3 nitrogen and oxygen atoms in total. The third-order valence-corrected chi connectivity index (χ3v) is 11.7. The van der Waals surface area contributed by atoms with Crippen LogP contribution in [0.2, 0.25) is 0 Å². The molecular weight excluding hydrogens is 693 g/mol. The Morgan fingerprint density at radius 3 is 1.70 bits per heavy atom. The third-order valence-electron chi connectivity index (χ3n) is 11.7. The zero-order valence-electron chi connectivity index (χ0n) is 30.9. The average molecular weight is 727 g/mol. The molecule has 0 fully saturated rings. The van der Waals surface area contributed by atoms with E-state index in [1.54, 1.807) is 0 Å². The first kappa shape index (κ1) is 31.7. The van der Waals surface area contributed by atoms with Crippen molar-refractivity contribution in [2.75, 3.05) is 4.90 Å². The van der Waals surface area contributed by atoms with E-state index < -0.39 is 0 Å². The van der Waals surface area contributed by atoms with Gasteiger partial charge >= 0.3 is 0 Å². The molecule has 266 valence electrons. The van der Waals surface area contributed by atoms with Crippen molar-refractivity contribution in [2.45, 2.75) is 0 Å². The van der Waals surface area contributed by atoms with E-state index >= 15 is 0 Å². The van der Waals surface area contributed by atoms with Crippen molar-refractivity contribution >= 4 is 77.1 Å². The summed E-state index contributed by atoms with van der Waals surface area (Å²) >= 11 is 0. The molecule has 9 aromatic carbocycles. The lowest BCUT2D eigenvalue weighted by molar-refractivity contribution is 0.669. The molecule has 3 aromatic heterocycles. The zero-order chi connectivity index (χ0) is 37.5. The minimum Gasteiger partial charge on any atom is -0.456 e. The molecule has 0 bridgehead atoms. The molecule has 12 aromatic rings. The predicted octanol–water partition coefficient (Wildman–Crippen LogP) is 15.2. The summed E-state index contributed by atoms with van der Waals surface area (Å²) in [5.74, 6) is 0. The molecular formula is C54H34N2O. The first-order chi connectivity index (χ1) is 28.3. The normalized spacial score (nSPS) is 11.9. The number of furan rings is 1. The Morgan fingerprint density at radius 2 is 0.930 bits per heavy atom. The van der Waals surface area contributed by atoms with Gasteiger partial charge in [0.1, 0.15) is 11.2 Å².